The van der Waals surface area contributed by atoms with Crippen molar-refractivity contribution in [3.05, 3.63) is 66.2 Å². The minimum Gasteiger partial charge on any atom is -0.493 e. The molecule has 2 bridgehead atoms. The monoisotopic (exact) mass is 500 g/mol. The number of aliphatic hydroxyl groups is 1. The first-order valence-electron chi connectivity index (χ1n) is 12.2. The van der Waals surface area contributed by atoms with Gasteiger partial charge >= 0.3 is 0 Å². The Bertz CT molecular complexity index is 867. The summed E-state index contributed by atoms with van der Waals surface area (Å²) >= 11 is 4.07. The van der Waals surface area contributed by atoms with Gasteiger partial charge < -0.3 is 19.1 Å². The molecule has 0 amide bonds. The molecule has 0 spiro atoms. The van der Waals surface area contributed by atoms with Gasteiger partial charge in [0.05, 0.1) is 32.8 Å². The van der Waals surface area contributed by atoms with Crippen molar-refractivity contribution in [2.24, 2.45) is 11.8 Å². The lowest BCUT2D eigenvalue weighted by Gasteiger charge is -2.56. The Morgan fingerprint density at radius 3 is 2.25 bits per heavy atom. The van der Waals surface area contributed by atoms with E-state index < -0.39 is 5.60 Å². The molecule has 3 heterocycles. The van der Waals surface area contributed by atoms with Crippen molar-refractivity contribution in [1.82, 2.24) is 0 Å². The summed E-state index contributed by atoms with van der Waals surface area (Å²) in [6, 6.07) is 20.2. The third kappa shape index (κ3) is 4.50. The molecule has 0 radical (unpaired) electrons. The van der Waals surface area contributed by atoms with Gasteiger partial charge in [-0.15, -0.1) is 0 Å². The molecule has 5 heteroatoms. The highest BCUT2D eigenvalue weighted by Gasteiger charge is 2.54. The molecule has 1 N–H and O–H groups in total. The summed E-state index contributed by atoms with van der Waals surface area (Å²) in [5.74, 6) is 1.85. The molecule has 32 heavy (non-hydrogen) atoms. The van der Waals surface area contributed by atoms with Crippen molar-refractivity contribution in [3.63, 3.8) is 0 Å². The van der Waals surface area contributed by atoms with Crippen LogP contribution in [0.1, 0.15) is 37.7 Å². The van der Waals surface area contributed by atoms with Crippen molar-refractivity contribution < 1.29 is 19.1 Å². The van der Waals surface area contributed by atoms with Gasteiger partial charge in [0.25, 0.3) is 0 Å². The lowest BCUT2D eigenvalue weighted by Crippen LogP contribution is -2.68. The second-order valence-electron chi connectivity index (χ2n) is 9.95. The van der Waals surface area contributed by atoms with Crippen molar-refractivity contribution in [2.45, 2.75) is 48.8 Å². The van der Waals surface area contributed by atoms with E-state index in [0.29, 0.717) is 18.4 Å². The molecule has 4 aliphatic rings. The van der Waals surface area contributed by atoms with Crippen LogP contribution in [0.4, 0.5) is 0 Å². The van der Waals surface area contributed by atoms with Gasteiger partial charge in [0.1, 0.15) is 17.5 Å². The Morgan fingerprint density at radius 2 is 1.59 bits per heavy atom. The summed E-state index contributed by atoms with van der Waals surface area (Å²) in [5, 5.41) is 11.6. The normalized spacial score (nSPS) is 31.2. The predicted molar refractivity (Wildman–Crippen MR) is 130 cm³/mol. The van der Waals surface area contributed by atoms with Crippen molar-refractivity contribution >= 4 is 15.9 Å². The van der Waals surface area contributed by atoms with Crippen LogP contribution in [-0.4, -0.2) is 53.5 Å². The highest BCUT2D eigenvalue weighted by molar-refractivity contribution is 9.09. The Morgan fingerprint density at radius 1 is 0.938 bits per heavy atom. The number of ether oxygens (including phenoxy) is 2. The molecule has 3 aliphatic heterocycles. The van der Waals surface area contributed by atoms with Crippen molar-refractivity contribution in [3.8, 4) is 5.75 Å². The highest BCUT2D eigenvalue weighted by Crippen LogP contribution is 2.48. The molecular weight excluding hydrogens is 466 g/mol. The zero-order valence-corrected chi connectivity index (χ0v) is 20.3. The molecule has 2 aromatic carbocycles. The molecule has 0 aromatic heterocycles. The Kier molecular flexibility index (Phi) is 6.62. The lowest BCUT2D eigenvalue weighted by molar-refractivity contribution is -0.955. The second-order valence-corrected chi connectivity index (χ2v) is 10.9. The summed E-state index contributed by atoms with van der Waals surface area (Å²) in [6.07, 6.45) is 5.77. The van der Waals surface area contributed by atoms with Gasteiger partial charge in [0.2, 0.25) is 0 Å². The summed E-state index contributed by atoms with van der Waals surface area (Å²) in [4.78, 5) is 0.283. The summed E-state index contributed by atoms with van der Waals surface area (Å²) in [6.45, 7) is 4.64. The van der Waals surface area contributed by atoms with E-state index in [1.54, 1.807) is 0 Å². The van der Waals surface area contributed by atoms with Crippen LogP contribution in [0.15, 0.2) is 60.7 Å². The topological polar surface area (TPSA) is 38.7 Å². The predicted octanol–water partition coefficient (Wildman–Crippen LogP) is 5.10. The molecular formula is C27H35BrNO3+. The minimum absolute atomic E-state index is 0.154. The number of alkyl halides is 1. The molecule has 1 unspecified atom stereocenters. The standard InChI is InChI=1S/C27H35BrNO3/c28-26-25(32-20-27(30,23-12-13-23)22-8-3-1-4-9-22)21-14-17-29(26,18-15-21)16-7-19-31-24-10-5-2-6-11-24/h1-6,8-11,21,23,25-26,30H,7,12-20H2/q+1/t21?,25-,26+,27?,29?/m0/s1. The maximum Gasteiger partial charge on any atom is 0.171 e. The van der Waals surface area contributed by atoms with E-state index in [-0.39, 0.29) is 11.1 Å². The van der Waals surface area contributed by atoms with Crippen LogP contribution >= 0.6 is 15.9 Å². The van der Waals surface area contributed by atoms with Crippen LogP contribution < -0.4 is 4.74 Å². The van der Waals surface area contributed by atoms with Gasteiger partial charge in [-0.25, -0.2) is 0 Å². The van der Waals surface area contributed by atoms with Crippen LogP contribution in [0.25, 0.3) is 0 Å². The van der Waals surface area contributed by atoms with Gasteiger partial charge in [0.15, 0.2) is 4.95 Å². The van der Waals surface area contributed by atoms with Gasteiger partial charge in [-0.05, 0) is 52.4 Å². The van der Waals surface area contributed by atoms with E-state index >= 15 is 0 Å². The molecule has 2 aromatic rings. The molecule has 3 saturated heterocycles. The number of benzene rings is 2. The number of piperidine rings is 3. The fraction of sp³-hybridized carbons (Fsp3) is 0.556. The molecule has 4 fully saturated rings. The fourth-order valence-corrected chi connectivity index (χ4v) is 7.01. The quantitative estimate of drug-likeness (QED) is 0.213. The number of hydrogen-bond acceptors (Lipinski definition) is 3. The van der Waals surface area contributed by atoms with Crippen LogP contribution in [0.3, 0.4) is 0 Å². The number of para-hydroxylation sites is 1. The first-order chi connectivity index (χ1) is 15.6. The second kappa shape index (κ2) is 9.46. The van der Waals surface area contributed by atoms with Crippen LogP contribution in [-0.2, 0) is 10.3 Å². The van der Waals surface area contributed by atoms with Gasteiger partial charge in [0, 0.05) is 25.2 Å². The maximum atomic E-state index is 11.6. The molecule has 1 saturated carbocycles. The van der Waals surface area contributed by atoms with Gasteiger partial charge in [-0.2, -0.15) is 0 Å². The SMILES string of the molecule is OC(CO[C@H]1C2CC[N+](CCCOc3ccccc3)(CC2)[C@H]1Br)(c1ccccc1)C1CC1. The first-order valence-corrected chi connectivity index (χ1v) is 13.1. The molecule has 172 valence electrons. The highest BCUT2D eigenvalue weighted by atomic mass is 79.9. The largest absolute Gasteiger partial charge is 0.493 e. The van der Waals surface area contributed by atoms with Crippen LogP contribution in [0.5, 0.6) is 5.75 Å². The summed E-state index contributed by atoms with van der Waals surface area (Å²) < 4.78 is 13.6. The zero-order valence-electron chi connectivity index (χ0n) is 18.7. The van der Waals surface area contributed by atoms with Gasteiger partial charge in [-0.3, -0.25) is 0 Å². The minimum atomic E-state index is -0.867. The first kappa shape index (κ1) is 22.4. The molecule has 3 atom stereocenters. The Hall–Kier alpha value is -1.40. The average molecular weight is 501 g/mol. The van der Waals surface area contributed by atoms with E-state index in [2.05, 4.69) is 15.9 Å². The van der Waals surface area contributed by atoms with E-state index in [1.165, 1.54) is 25.9 Å². The maximum absolute atomic E-state index is 11.6. The summed E-state index contributed by atoms with van der Waals surface area (Å²) in [5.41, 5.74) is 0.130. The number of quaternary nitrogens is 1. The number of fused-ring (bicyclic) bond motifs is 3. The van der Waals surface area contributed by atoms with E-state index in [0.717, 1.165) is 48.2 Å². The van der Waals surface area contributed by atoms with E-state index in [4.69, 9.17) is 9.47 Å². The smallest absolute Gasteiger partial charge is 0.171 e. The molecule has 6 rings (SSSR count). The van der Waals surface area contributed by atoms with Gasteiger partial charge in [-0.1, -0.05) is 48.5 Å². The molecule has 4 nitrogen and oxygen atoms in total. The Labute approximate surface area is 200 Å². The van der Waals surface area contributed by atoms with E-state index in [9.17, 15) is 5.11 Å². The van der Waals surface area contributed by atoms with Crippen LogP contribution in [0, 0.1) is 11.8 Å². The van der Waals surface area contributed by atoms with Crippen molar-refractivity contribution in [1.29, 1.82) is 0 Å². The average Bonchev–Trinajstić information content (AvgIpc) is 3.70. The van der Waals surface area contributed by atoms with Crippen molar-refractivity contribution in [2.75, 3.05) is 32.8 Å². The Balaban J connectivity index is 1.20. The summed E-state index contributed by atoms with van der Waals surface area (Å²) in [7, 11) is 0. The number of hydrogen-bond donors (Lipinski definition) is 1. The fourth-order valence-electron chi connectivity index (χ4n) is 5.81. The number of rotatable bonds is 10. The number of halogens is 1. The lowest BCUT2D eigenvalue weighted by atomic mass is 9.82. The van der Waals surface area contributed by atoms with E-state index in [1.807, 2.05) is 60.7 Å². The molecule has 1 aliphatic carbocycles. The van der Waals surface area contributed by atoms with Crippen LogP contribution in [0.2, 0.25) is 0 Å². The number of nitrogens with zero attached hydrogens (tertiary/aromatic N) is 1. The third-order valence-corrected chi connectivity index (χ3v) is 9.32. The zero-order chi connectivity index (χ0) is 22.0. The third-order valence-electron chi connectivity index (χ3n) is 7.93.